The molecule has 0 saturated heterocycles. The molecule has 186 valence electrons. The maximum absolute atomic E-state index is 12.6. The van der Waals surface area contributed by atoms with Gasteiger partial charge in [0.25, 0.3) is 0 Å². The van der Waals surface area contributed by atoms with E-state index < -0.39 is 5.97 Å². The number of aromatic nitrogens is 4. The molecule has 5 rings (SSSR count). The molecule has 1 fully saturated rings. The first-order valence-electron chi connectivity index (χ1n) is 12.5. The van der Waals surface area contributed by atoms with Crippen molar-refractivity contribution < 1.29 is 19.4 Å². The van der Waals surface area contributed by atoms with Crippen LogP contribution in [0.4, 0.5) is 10.5 Å². The first-order valence-corrected chi connectivity index (χ1v) is 12.5. The molecule has 2 aromatic heterocycles. The minimum absolute atomic E-state index is 0.0586. The van der Waals surface area contributed by atoms with E-state index in [-0.39, 0.29) is 24.1 Å². The highest BCUT2D eigenvalue weighted by Crippen LogP contribution is 2.40. The van der Waals surface area contributed by atoms with Gasteiger partial charge in [0, 0.05) is 36.8 Å². The van der Waals surface area contributed by atoms with Crippen molar-refractivity contribution in [1.29, 1.82) is 0 Å². The van der Waals surface area contributed by atoms with E-state index in [4.69, 9.17) is 9.72 Å². The number of aliphatic carboxylic acids is 1. The van der Waals surface area contributed by atoms with Gasteiger partial charge in [-0.05, 0) is 70.6 Å². The van der Waals surface area contributed by atoms with Crippen LogP contribution in [0.15, 0.2) is 24.4 Å². The zero-order chi connectivity index (χ0) is 24.7. The number of carboxylic acid groups (broad SMARTS) is 1. The zero-order valence-electron chi connectivity index (χ0n) is 20.6. The second-order valence-corrected chi connectivity index (χ2v) is 9.87. The summed E-state index contributed by atoms with van der Waals surface area (Å²) in [6.07, 6.45) is 7.04. The second-order valence-electron chi connectivity index (χ2n) is 9.87. The lowest BCUT2D eigenvalue weighted by molar-refractivity contribution is -0.143. The molecule has 3 aromatic rings. The molecule has 9 heteroatoms. The Morgan fingerprint density at radius 3 is 2.57 bits per heavy atom. The lowest BCUT2D eigenvalue weighted by Gasteiger charge is -2.34. The number of amides is 1. The molecular formula is C26H33N5O4. The number of nitrogens with zero attached hydrogens (tertiary/aromatic N) is 5. The van der Waals surface area contributed by atoms with Gasteiger partial charge in [0.2, 0.25) is 0 Å². The second kappa shape index (κ2) is 9.36. The van der Waals surface area contributed by atoms with E-state index in [2.05, 4.69) is 15.7 Å². The molecule has 0 radical (unpaired) electrons. The molecule has 3 heterocycles. The maximum Gasteiger partial charge on any atom is 0.414 e. The summed E-state index contributed by atoms with van der Waals surface area (Å²) < 4.78 is 9.35. The maximum atomic E-state index is 12.6. The van der Waals surface area contributed by atoms with Crippen molar-refractivity contribution in [2.75, 3.05) is 12.0 Å². The SMILES string of the molecule is COC(=O)N1c2ccc3c(nc(CCn4ccc(C)n4)n3[C@H]3CC[C@H](C(=O)O)CC3)c2CC[C@@H]1C. The van der Waals surface area contributed by atoms with Crippen molar-refractivity contribution in [2.24, 2.45) is 5.92 Å². The molecule has 1 aromatic carbocycles. The third kappa shape index (κ3) is 4.28. The fraction of sp³-hybridized carbons (Fsp3) is 0.538. The van der Waals surface area contributed by atoms with Gasteiger partial charge in [-0.3, -0.25) is 14.4 Å². The topological polar surface area (TPSA) is 102 Å². The van der Waals surface area contributed by atoms with E-state index in [1.165, 1.54) is 7.11 Å². The number of ether oxygens (including phenoxy) is 1. The van der Waals surface area contributed by atoms with E-state index in [1.54, 1.807) is 4.90 Å². The molecule has 1 N–H and O–H groups in total. The van der Waals surface area contributed by atoms with E-state index in [1.807, 2.05) is 36.9 Å². The largest absolute Gasteiger partial charge is 0.481 e. The van der Waals surface area contributed by atoms with E-state index in [0.717, 1.165) is 72.5 Å². The van der Waals surface area contributed by atoms with Gasteiger partial charge in [-0.15, -0.1) is 0 Å². The number of aryl methyl sites for hydroxylation is 4. The first kappa shape index (κ1) is 23.4. The highest BCUT2D eigenvalue weighted by Gasteiger charge is 2.33. The van der Waals surface area contributed by atoms with E-state index >= 15 is 0 Å². The number of carbonyl (C=O) groups is 2. The number of hydrogen-bond donors (Lipinski definition) is 1. The lowest BCUT2D eigenvalue weighted by Crippen LogP contribution is -2.42. The van der Waals surface area contributed by atoms with Crippen LogP contribution in [0.2, 0.25) is 0 Å². The molecule has 35 heavy (non-hydrogen) atoms. The Balaban J connectivity index is 1.56. The first-order chi connectivity index (χ1) is 16.9. The van der Waals surface area contributed by atoms with Crippen molar-refractivity contribution in [3.8, 4) is 0 Å². The molecule has 1 amide bonds. The number of hydrogen-bond acceptors (Lipinski definition) is 5. The van der Waals surface area contributed by atoms with Crippen LogP contribution >= 0.6 is 0 Å². The van der Waals surface area contributed by atoms with Gasteiger partial charge in [0.1, 0.15) is 5.82 Å². The number of imidazole rings is 1. The van der Waals surface area contributed by atoms with Crippen LogP contribution in [-0.2, 0) is 28.9 Å². The average molecular weight is 480 g/mol. The Bertz CT molecular complexity index is 1250. The molecule has 1 saturated carbocycles. The van der Waals surface area contributed by atoms with Crippen LogP contribution in [0.1, 0.15) is 62.2 Å². The number of methoxy groups -OCH3 is 1. The smallest absolute Gasteiger partial charge is 0.414 e. The van der Waals surface area contributed by atoms with Gasteiger partial charge < -0.3 is 14.4 Å². The summed E-state index contributed by atoms with van der Waals surface area (Å²) in [6.45, 7) is 4.74. The normalized spacial score (nSPS) is 22.3. The predicted octanol–water partition coefficient (Wildman–Crippen LogP) is 4.51. The molecular weight excluding hydrogens is 446 g/mol. The molecule has 1 atom stereocenters. The van der Waals surface area contributed by atoms with Gasteiger partial charge in [-0.25, -0.2) is 9.78 Å². The monoisotopic (exact) mass is 479 g/mol. The summed E-state index contributed by atoms with van der Waals surface area (Å²) >= 11 is 0. The summed E-state index contributed by atoms with van der Waals surface area (Å²) in [5.41, 5.74) is 4.94. The van der Waals surface area contributed by atoms with Gasteiger partial charge in [-0.1, -0.05) is 0 Å². The fourth-order valence-electron chi connectivity index (χ4n) is 5.79. The van der Waals surface area contributed by atoms with Gasteiger partial charge in [0.05, 0.1) is 35.4 Å². The van der Waals surface area contributed by atoms with Crippen molar-refractivity contribution in [3.63, 3.8) is 0 Å². The van der Waals surface area contributed by atoms with Gasteiger partial charge >= 0.3 is 12.1 Å². The number of rotatable bonds is 5. The fourth-order valence-corrected chi connectivity index (χ4v) is 5.79. The van der Waals surface area contributed by atoms with Crippen LogP contribution < -0.4 is 4.90 Å². The average Bonchev–Trinajstić information content (AvgIpc) is 3.45. The number of anilines is 1. The number of benzene rings is 1. The van der Waals surface area contributed by atoms with Crippen molar-refractivity contribution in [2.45, 2.75) is 77.4 Å². The minimum atomic E-state index is -0.695. The Labute approximate surface area is 204 Å². The molecule has 1 aliphatic carbocycles. The van der Waals surface area contributed by atoms with Crippen molar-refractivity contribution >= 4 is 28.8 Å². The van der Waals surface area contributed by atoms with Crippen molar-refractivity contribution in [3.05, 3.63) is 41.5 Å². The van der Waals surface area contributed by atoms with E-state index in [9.17, 15) is 14.7 Å². The van der Waals surface area contributed by atoms with Gasteiger partial charge in [0.15, 0.2) is 0 Å². The van der Waals surface area contributed by atoms with Crippen molar-refractivity contribution in [1.82, 2.24) is 19.3 Å². The highest BCUT2D eigenvalue weighted by atomic mass is 16.5. The zero-order valence-corrected chi connectivity index (χ0v) is 20.6. The summed E-state index contributed by atoms with van der Waals surface area (Å²) in [7, 11) is 1.42. The Morgan fingerprint density at radius 2 is 1.91 bits per heavy atom. The molecule has 0 bridgehead atoms. The van der Waals surface area contributed by atoms with Gasteiger partial charge in [-0.2, -0.15) is 5.10 Å². The number of carbonyl (C=O) groups excluding carboxylic acids is 1. The molecule has 1 aliphatic heterocycles. The predicted molar refractivity (Wildman–Crippen MR) is 132 cm³/mol. The van der Waals surface area contributed by atoms with Crippen LogP contribution in [0.3, 0.4) is 0 Å². The summed E-state index contributed by atoms with van der Waals surface area (Å²) in [6, 6.07) is 6.35. The Kier molecular flexibility index (Phi) is 6.25. The third-order valence-electron chi connectivity index (χ3n) is 7.65. The number of fused-ring (bicyclic) bond motifs is 3. The van der Waals surface area contributed by atoms with Crippen LogP contribution in [0.25, 0.3) is 11.0 Å². The minimum Gasteiger partial charge on any atom is -0.481 e. The summed E-state index contributed by atoms with van der Waals surface area (Å²) in [5.74, 6) is 0.0299. The van der Waals surface area contributed by atoms with Crippen LogP contribution in [-0.4, -0.2) is 49.7 Å². The van der Waals surface area contributed by atoms with Crippen LogP contribution in [0, 0.1) is 12.8 Å². The Morgan fingerprint density at radius 1 is 1.14 bits per heavy atom. The standard InChI is InChI=1S/C26H33N5O4/c1-16-12-14-29(28-16)15-13-23-27-24-20-9-4-17(2)30(26(34)35-3)21(20)10-11-22(24)31(23)19-7-5-18(6-8-19)25(32)33/h10-12,14,17-19H,4-9,13,15H2,1-3H3,(H,32,33)/t17-,18-,19-/m0/s1. The molecule has 2 aliphatic rings. The Hall–Kier alpha value is -3.36. The quantitative estimate of drug-likeness (QED) is 0.578. The highest BCUT2D eigenvalue weighted by molar-refractivity contribution is 5.95. The third-order valence-corrected chi connectivity index (χ3v) is 7.65. The van der Waals surface area contributed by atoms with E-state index in [0.29, 0.717) is 12.8 Å². The number of carboxylic acids is 1. The molecule has 9 nitrogen and oxygen atoms in total. The summed E-state index contributed by atoms with van der Waals surface area (Å²) in [4.78, 5) is 31.0. The summed E-state index contributed by atoms with van der Waals surface area (Å²) in [5, 5.41) is 14.0. The lowest BCUT2D eigenvalue weighted by atomic mass is 9.86. The molecule has 0 unspecified atom stereocenters. The van der Waals surface area contributed by atoms with Crippen LogP contribution in [0.5, 0.6) is 0 Å². The molecule has 0 spiro atoms.